The van der Waals surface area contributed by atoms with Crippen molar-refractivity contribution in [1.82, 2.24) is 0 Å². The van der Waals surface area contributed by atoms with E-state index in [2.05, 4.69) is 22.9 Å². The third-order valence-corrected chi connectivity index (χ3v) is 4.97. The summed E-state index contributed by atoms with van der Waals surface area (Å²) in [4.78, 5) is 6.70. The third kappa shape index (κ3) is 2.71. The molecule has 21 heavy (non-hydrogen) atoms. The molecule has 1 fully saturated rings. The van der Waals surface area contributed by atoms with E-state index in [0.29, 0.717) is 17.9 Å². The Bertz CT molecular complexity index is 521. The lowest BCUT2D eigenvalue weighted by atomic mass is 9.79. The lowest BCUT2D eigenvalue weighted by Gasteiger charge is -2.36. The van der Waals surface area contributed by atoms with Crippen molar-refractivity contribution < 1.29 is 4.74 Å². The van der Waals surface area contributed by atoms with Gasteiger partial charge in [0.25, 0.3) is 0 Å². The van der Waals surface area contributed by atoms with Crippen LogP contribution in [0.2, 0.25) is 0 Å². The zero-order valence-corrected chi connectivity index (χ0v) is 13.0. The topological polar surface area (TPSA) is 50.9 Å². The van der Waals surface area contributed by atoms with Crippen molar-refractivity contribution in [3.8, 4) is 5.75 Å². The number of para-hydroxylation sites is 2. The molecule has 0 aromatic heterocycles. The van der Waals surface area contributed by atoms with E-state index in [-0.39, 0.29) is 0 Å². The lowest BCUT2D eigenvalue weighted by molar-refractivity contribution is 0.260. The van der Waals surface area contributed by atoms with Gasteiger partial charge in [-0.3, -0.25) is 4.99 Å². The van der Waals surface area contributed by atoms with Gasteiger partial charge in [-0.2, -0.15) is 0 Å². The number of nitrogens with zero attached hydrogens (tertiary/aromatic N) is 2. The number of nitrogens with two attached hydrogens (primary N) is 1. The minimum Gasteiger partial charge on any atom is -0.495 e. The molecule has 4 heteroatoms. The molecule has 2 N–H and O–H groups in total. The van der Waals surface area contributed by atoms with Crippen molar-refractivity contribution in [2.45, 2.75) is 38.6 Å². The van der Waals surface area contributed by atoms with Gasteiger partial charge in [-0.25, -0.2) is 0 Å². The smallest absolute Gasteiger partial charge is 0.196 e. The van der Waals surface area contributed by atoms with Gasteiger partial charge in [-0.1, -0.05) is 31.9 Å². The van der Waals surface area contributed by atoms with Crippen molar-refractivity contribution in [1.29, 1.82) is 0 Å². The number of methoxy groups -OCH3 is 1. The summed E-state index contributed by atoms with van der Waals surface area (Å²) in [6.45, 7) is 3.16. The Morgan fingerprint density at radius 2 is 1.90 bits per heavy atom. The van der Waals surface area contributed by atoms with Crippen LogP contribution in [0.1, 0.15) is 32.6 Å². The molecule has 1 unspecified atom stereocenters. The molecule has 4 nitrogen and oxygen atoms in total. The zero-order valence-electron chi connectivity index (χ0n) is 13.0. The number of hydrogen-bond acceptors (Lipinski definition) is 4. The van der Waals surface area contributed by atoms with Gasteiger partial charge in [-0.05, 0) is 36.8 Å². The number of rotatable bonds is 3. The molecule has 0 radical (unpaired) electrons. The van der Waals surface area contributed by atoms with Gasteiger partial charge in [0.15, 0.2) is 5.96 Å². The number of ether oxygens (including phenoxy) is 1. The lowest BCUT2D eigenvalue weighted by Crippen LogP contribution is -2.45. The largest absolute Gasteiger partial charge is 0.495 e. The van der Waals surface area contributed by atoms with Crippen LogP contribution < -0.4 is 15.4 Å². The Morgan fingerprint density at radius 1 is 1.19 bits per heavy atom. The zero-order chi connectivity index (χ0) is 14.8. The maximum atomic E-state index is 6.18. The molecule has 0 spiro atoms. The standard InChI is InChI=1S/C17H25N3O/c1-12-7-9-13(10-8-12)15-11-19-17(18)20(15)14-5-3-4-6-16(14)21-2/h3-6,12-13,15H,7-11H2,1-2H3,(H2,18,19). The second-order valence-electron chi connectivity index (χ2n) is 6.33. The second-order valence-corrected chi connectivity index (χ2v) is 6.33. The Balaban J connectivity index is 1.85. The number of aliphatic imine (C=N–C) groups is 1. The normalized spacial score (nSPS) is 29.3. The van der Waals surface area contributed by atoms with Gasteiger partial charge >= 0.3 is 0 Å². The van der Waals surface area contributed by atoms with Crippen molar-refractivity contribution in [3.05, 3.63) is 24.3 Å². The minimum absolute atomic E-state index is 0.383. The predicted molar refractivity (Wildman–Crippen MR) is 86.9 cm³/mol. The summed E-state index contributed by atoms with van der Waals surface area (Å²) in [5.74, 6) is 3.03. The highest BCUT2D eigenvalue weighted by molar-refractivity contribution is 5.98. The number of guanidine groups is 1. The molecule has 1 atom stereocenters. The fourth-order valence-electron chi connectivity index (χ4n) is 3.68. The van der Waals surface area contributed by atoms with Gasteiger partial charge < -0.3 is 15.4 Å². The van der Waals surface area contributed by atoms with E-state index < -0.39 is 0 Å². The van der Waals surface area contributed by atoms with Crippen molar-refractivity contribution in [2.24, 2.45) is 22.6 Å². The van der Waals surface area contributed by atoms with Crippen molar-refractivity contribution in [2.75, 3.05) is 18.6 Å². The van der Waals surface area contributed by atoms with E-state index in [4.69, 9.17) is 10.5 Å². The van der Waals surface area contributed by atoms with Crippen LogP contribution in [0.15, 0.2) is 29.3 Å². The Hall–Kier alpha value is -1.71. The molecule has 1 aromatic rings. The first kappa shape index (κ1) is 14.2. The number of hydrogen-bond donors (Lipinski definition) is 1. The van der Waals surface area contributed by atoms with Crippen molar-refractivity contribution >= 4 is 11.6 Å². The molecule has 0 saturated heterocycles. The first-order valence-electron chi connectivity index (χ1n) is 7.93. The fraction of sp³-hybridized carbons (Fsp3) is 0.588. The van der Waals surface area contributed by atoms with E-state index in [1.165, 1.54) is 25.7 Å². The summed E-state index contributed by atoms with van der Waals surface area (Å²) in [6, 6.07) is 8.46. The van der Waals surface area contributed by atoms with Crippen LogP contribution in [0.5, 0.6) is 5.75 Å². The quantitative estimate of drug-likeness (QED) is 0.929. The Kier molecular flexibility index (Phi) is 4.04. The van der Waals surface area contributed by atoms with Gasteiger partial charge in [0.1, 0.15) is 5.75 Å². The summed E-state index contributed by atoms with van der Waals surface area (Å²) in [7, 11) is 1.71. The van der Waals surface area contributed by atoms with Gasteiger partial charge in [0.2, 0.25) is 0 Å². The average Bonchev–Trinajstić information content (AvgIpc) is 2.89. The van der Waals surface area contributed by atoms with E-state index in [1.54, 1.807) is 7.11 Å². The SMILES string of the molecule is COc1ccccc1N1C(N)=NCC1C1CCC(C)CC1. The van der Waals surface area contributed by atoms with E-state index in [1.807, 2.05) is 18.2 Å². The fourth-order valence-corrected chi connectivity index (χ4v) is 3.68. The van der Waals surface area contributed by atoms with Crippen LogP contribution in [-0.4, -0.2) is 25.7 Å². The van der Waals surface area contributed by atoms with Crippen LogP contribution in [0.4, 0.5) is 5.69 Å². The van der Waals surface area contributed by atoms with Crippen molar-refractivity contribution in [3.63, 3.8) is 0 Å². The molecular formula is C17H25N3O. The Labute approximate surface area is 127 Å². The number of anilines is 1. The first-order valence-corrected chi connectivity index (χ1v) is 7.93. The molecule has 3 rings (SSSR count). The van der Waals surface area contributed by atoms with Gasteiger partial charge in [-0.15, -0.1) is 0 Å². The molecule has 0 amide bonds. The maximum Gasteiger partial charge on any atom is 0.196 e. The molecule has 2 aliphatic rings. The molecule has 1 saturated carbocycles. The van der Waals surface area contributed by atoms with E-state index in [0.717, 1.165) is 23.9 Å². The third-order valence-electron chi connectivity index (χ3n) is 4.97. The summed E-state index contributed by atoms with van der Waals surface area (Å²) < 4.78 is 5.51. The highest BCUT2D eigenvalue weighted by atomic mass is 16.5. The summed E-state index contributed by atoms with van der Waals surface area (Å²) >= 11 is 0. The van der Waals surface area contributed by atoms with Crippen LogP contribution in [0, 0.1) is 11.8 Å². The maximum absolute atomic E-state index is 6.18. The summed E-state index contributed by atoms with van der Waals surface area (Å²) in [5, 5.41) is 0. The minimum atomic E-state index is 0.383. The van der Waals surface area contributed by atoms with Gasteiger partial charge in [0, 0.05) is 0 Å². The molecule has 1 aliphatic carbocycles. The van der Waals surface area contributed by atoms with Crippen LogP contribution in [0.3, 0.4) is 0 Å². The van der Waals surface area contributed by atoms with Crippen LogP contribution >= 0.6 is 0 Å². The highest BCUT2D eigenvalue weighted by Crippen LogP contribution is 2.38. The summed E-state index contributed by atoms with van der Waals surface area (Å²) in [6.07, 6.45) is 5.20. The molecule has 114 valence electrons. The molecule has 1 aliphatic heterocycles. The molecular weight excluding hydrogens is 262 g/mol. The highest BCUT2D eigenvalue weighted by Gasteiger charge is 2.36. The summed E-state index contributed by atoms with van der Waals surface area (Å²) in [5.41, 5.74) is 7.22. The Morgan fingerprint density at radius 3 is 2.62 bits per heavy atom. The first-order chi connectivity index (χ1) is 10.2. The molecule has 0 bridgehead atoms. The molecule has 1 heterocycles. The average molecular weight is 287 g/mol. The monoisotopic (exact) mass is 287 g/mol. The van der Waals surface area contributed by atoms with Crippen LogP contribution in [0.25, 0.3) is 0 Å². The van der Waals surface area contributed by atoms with E-state index in [9.17, 15) is 0 Å². The second kappa shape index (κ2) is 5.96. The molecule has 1 aromatic carbocycles. The van der Waals surface area contributed by atoms with Gasteiger partial charge in [0.05, 0.1) is 25.4 Å². The van der Waals surface area contributed by atoms with Crippen LogP contribution in [-0.2, 0) is 0 Å². The number of benzene rings is 1. The van der Waals surface area contributed by atoms with E-state index >= 15 is 0 Å². The predicted octanol–water partition coefficient (Wildman–Crippen LogP) is 3.02.